The highest BCUT2D eigenvalue weighted by molar-refractivity contribution is 9.10. The van der Waals surface area contributed by atoms with Gasteiger partial charge in [-0.2, -0.15) is 5.10 Å². The average Bonchev–Trinajstić information content (AvgIpc) is 2.51. The topological polar surface area (TPSA) is 34.9 Å². The molecule has 124 valence electrons. The Labute approximate surface area is 148 Å². The fourth-order valence-corrected chi connectivity index (χ4v) is 2.84. The monoisotopic (exact) mass is 388 g/mol. The molecule has 0 unspecified atom stereocenters. The summed E-state index contributed by atoms with van der Waals surface area (Å²) in [6.45, 7) is 6.34. The second-order valence-electron chi connectivity index (χ2n) is 6.91. The molecule has 1 aromatic heterocycles. The lowest BCUT2D eigenvalue weighted by Gasteiger charge is -2.19. The summed E-state index contributed by atoms with van der Waals surface area (Å²) in [5.74, 6) is -0.491. The van der Waals surface area contributed by atoms with Gasteiger partial charge in [0.15, 0.2) is 0 Å². The highest BCUT2D eigenvalue weighted by Crippen LogP contribution is 2.26. The number of rotatable bonds is 2. The highest BCUT2D eigenvalue weighted by Gasteiger charge is 2.18. The summed E-state index contributed by atoms with van der Waals surface area (Å²) in [7, 11) is 0. The van der Waals surface area contributed by atoms with Crippen LogP contribution in [0, 0.1) is 5.82 Å². The summed E-state index contributed by atoms with van der Waals surface area (Å²) in [6, 6.07) is 10.9. The van der Waals surface area contributed by atoms with Gasteiger partial charge in [-0.25, -0.2) is 9.07 Å². The van der Waals surface area contributed by atoms with Crippen molar-refractivity contribution in [3.8, 4) is 0 Å². The Bertz CT molecular complexity index is 956. The van der Waals surface area contributed by atoms with Crippen LogP contribution in [0.25, 0.3) is 10.8 Å². The Hall–Kier alpha value is -2.01. The number of benzene rings is 2. The van der Waals surface area contributed by atoms with Crippen LogP contribution in [0.15, 0.2) is 51.9 Å². The molecule has 0 atom stereocenters. The summed E-state index contributed by atoms with van der Waals surface area (Å²) in [5, 5.41) is 4.85. The van der Waals surface area contributed by atoms with Crippen molar-refractivity contribution >= 4 is 26.7 Å². The van der Waals surface area contributed by atoms with Crippen LogP contribution in [0.5, 0.6) is 0 Å². The summed E-state index contributed by atoms with van der Waals surface area (Å²) in [6.07, 6.45) is 1.56. The molecule has 0 fully saturated rings. The SMILES string of the molecule is CC(C)(C)c1cc(F)c2c(=O)n(Cc3ccc(Br)cc3)ncc2c1. The second kappa shape index (κ2) is 6.13. The van der Waals surface area contributed by atoms with E-state index < -0.39 is 11.4 Å². The minimum atomic E-state index is -0.491. The first-order valence-corrected chi connectivity index (χ1v) is 8.49. The standard InChI is InChI=1S/C19H18BrFN2O/c1-19(2,3)14-8-13-10-22-23(18(24)17(13)16(21)9-14)11-12-4-6-15(20)7-5-12/h4-10H,11H2,1-3H3. The maximum Gasteiger partial charge on any atom is 0.277 e. The minimum Gasteiger partial charge on any atom is -0.267 e. The molecular weight excluding hydrogens is 371 g/mol. The molecule has 0 amide bonds. The van der Waals surface area contributed by atoms with Gasteiger partial charge in [-0.1, -0.05) is 48.8 Å². The van der Waals surface area contributed by atoms with Crippen molar-refractivity contribution in [1.29, 1.82) is 0 Å². The third kappa shape index (κ3) is 3.26. The fourth-order valence-electron chi connectivity index (χ4n) is 2.58. The predicted molar refractivity (Wildman–Crippen MR) is 97.9 cm³/mol. The van der Waals surface area contributed by atoms with Gasteiger partial charge in [-0.3, -0.25) is 4.79 Å². The Morgan fingerprint density at radius 1 is 1.17 bits per heavy atom. The highest BCUT2D eigenvalue weighted by atomic mass is 79.9. The van der Waals surface area contributed by atoms with Gasteiger partial charge >= 0.3 is 0 Å². The number of nitrogens with zero attached hydrogens (tertiary/aromatic N) is 2. The van der Waals surface area contributed by atoms with Crippen molar-refractivity contribution in [2.45, 2.75) is 32.7 Å². The molecule has 0 spiro atoms. The van der Waals surface area contributed by atoms with E-state index in [0.717, 1.165) is 15.6 Å². The molecule has 0 radical (unpaired) electrons. The summed E-state index contributed by atoms with van der Waals surface area (Å²) in [5.41, 5.74) is 1.17. The molecule has 0 aliphatic heterocycles. The lowest BCUT2D eigenvalue weighted by Crippen LogP contribution is -2.24. The van der Waals surface area contributed by atoms with Crippen molar-refractivity contribution in [2.24, 2.45) is 0 Å². The quantitative estimate of drug-likeness (QED) is 0.640. The van der Waals surface area contributed by atoms with E-state index in [4.69, 9.17) is 0 Å². The fraction of sp³-hybridized carbons (Fsp3) is 0.263. The van der Waals surface area contributed by atoms with Gasteiger partial charge in [0.1, 0.15) is 5.82 Å². The molecule has 3 aromatic rings. The smallest absolute Gasteiger partial charge is 0.267 e. The van der Waals surface area contributed by atoms with E-state index in [2.05, 4.69) is 21.0 Å². The zero-order chi connectivity index (χ0) is 17.5. The predicted octanol–water partition coefficient (Wildman–Crippen LogP) is 4.64. The molecule has 3 rings (SSSR count). The number of hydrogen-bond donors (Lipinski definition) is 0. The van der Waals surface area contributed by atoms with Crippen molar-refractivity contribution in [3.05, 3.63) is 74.4 Å². The van der Waals surface area contributed by atoms with Gasteiger partial charge in [-0.05, 0) is 40.8 Å². The zero-order valence-corrected chi connectivity index (χ0v) is 15.4. The Morgan fingerprint density at radius 2 is 1.83 bits per heavy atom. The van der Waals surface area contributed by atoms with Gasteiger partial charge in [0, 0.05) is 9.86 Å². The van der Waals surface area contributed by atoms with E-state index in [-0.39, 0.29) is 10.8 Å². The number of halogens is 2. The van der Waals surface area contributed by atoms with Crippen molar-refractivity contribution in [3.63, 3.8) is 0 Å². The number of fused-ring (bicyclic) bond motifs is 1. The molecule has 1 heterocycles. The molecule has 0 aliphatic rings. The molecule has 0 saturated heterocycles. The third-order valence-corrected chi connectivity index (χ3v) is 4.55. The van der Waals surface area contributed by atoms with Gasteiger partial charge < -0.3 is 0 Å². The maximum atomic E-state index is 14.6. The van der Waals surface area contributed by atoms with Crippen LogP contribution in [0.2, 0.25) is 0 Å². The van der Waals surface area contributed by atoms with E-state index >= 15 is 0 Å². The molecule has 0 aliphatic carbocycles. The molecule has 3 nitrogen and oxygen atoms in total. The third-order valence-electron chi connectivity index (χ3n) is 4.02. The summed E-state index contributed by atoms with van der Waals surface area (Å²) < 4.78 is 16.8. The largest absolute Gasteiger partial charge is 0.277 e. The van der Waals surface area contributed by atoms with Crippen LogP contribution >= 0.6 is 15.9 Å². The lowest BCUT2D eigenvalue weighted by atomic mass is 9.86. The first-order valence-electron chi connectivity index (χ1n) is 7.70. The number of hydrogen-bond acceptors (Lipinski definition) is 2. The van der Waals surface area contributed by atoms with Crippen LogP contribution in [0.3, 0.4) is 0 Å². The second-order valence-corrected chi connectivity index (χ2v) is 7.82. The molecule has 2 aromatic carbocycles. The van der Waals surface area contributed by atoms with Crippen LogP contribution in [-0.4, -0.2) is 9.78 Å². The molecule has 0 bridgehead atoms. The Morgan fingerprint density at radius 3 is 2.46 bits per heavy atom. The van der Waals surface area contributed by atoms with Gasteiger partial charge in [0.05, 0.1) is 18.1 Å². The van der Waals surface area contributed by atoms with Crippen LogP contribution in [-0.2, 0) is 12.0 Å². The van der Waals surface area contributed by atoms with E-state index in [1.165, 1.54) is 10.7 Å². The Balaban J connectivity index is 2.09. The van der Waals surface area contributed by atoms with Gasteiger partial charge in [0.25, 0.3) is 5.56 Å². The van der Waals surface area contributed by atoms with E-state index in [1.807, 2.05) is 51.1 Å². The van der Waals surface area contributed by atoms with E-state index in [1.54, 1.807) is 6.20 Å². The molecule has 0 N–H and O–H groups in total. The molecular formula is C19H18BrFN2O. The van der Waals surface area contributed by atoms with E-state index in [0.29, 0.717) is 11.9 Å². The molecule has 24 heavy (non-hydrogen) atoms. The normalized spacial score (nSPS) is 11.9. The van der Waals surface area contributed by atoms with Crippen molar-refractivity contribution in [2.75, 3.05) is 0 Å². The van der Waals surface area contributed by atoms with Crippen LogP contribution in [0.1, 0.15) is 31.9 Å². The average molecular weight is 389 g/mol. The van der Waals surface area contributed by atoms with Crippen LogP contribution < -0.4 is 5.56 Å². The first kappa shape index (κ1) is 16.8. The van der Waals surface area contributed by atoms with E-state index in [9.17, 15) is 9.18 Å². The van der Waals surface area contributed by atoms with Crippen molar-refractivity contribution < 1.29 is 4.39 Å². The van der Waals surface area contributed by atoms with Gasteiger partial charge in [-0.15, -0.1) is 0 Å². The molecule has 5 heteroatoms. The summed E-state index contributed by atoms with van der Waals surface area (Å²) in [4.78, 5) is 12.6. The minimum absolute atomic E-state index is 0.0927. The lowest BCUT2D eigenvalue weighted by molar-refractivity contribution is 0.574. The zero-order valence-electron chi connectivity index (χ0n) is 13.8. The molecule has 0 saturated carbocycles. The summed E-state index contributed by atoms with van der Waals surface area (Å²) >= 11 is 3.38. The maximum absolute atomic E-state index is 14.6. The van der Waals surface area contributed by atoms with Crippen molar-refractivity contribution in [1.82, 2.24) is 9.78 Å². The van der Waals surface area contributed by atoms with Crippen LogP contribution in [0.4, 0.5) is 4.39 Å². The Kier molecular flexibility index (Phi) is 4.30. The van der Waals surface area contributed by atoms with Gasteiger partial charge in [0.2, 0.25) is 0 Å². The number of aromatic nitrogens is 2. The first-order chi connectivity index (χ1) is 11.3.